The zero-order valence-electron chi connectivity index (χ0n) is 45.4. The number of azide groups is 1. The van der Waals surface area contributed by atoms with Crippen molar-refractivity contribution in [3.8, 4) is 0 Å². The summed E-state index contributed by atoms with van der Waals surface area (Å²) in [7, 11) is 0. The highest BCUT2D eigenvalue weighted by atomic mass is 35.6. The van der Waals surface area contributed by atoms with Gasteiger partial charge in [0.2, 0.25) is 12.2 Å². The fraction of sp³-hybridized carbons (Fsp3) is 0.761. The van der Waals surface area contributed by atoms with Gasteiger partial charge >= 0.3 is 59.7 Å². The van der Waals surface area contributed by atoms with E-state index in [1.54, 1.807) is 0 Å². The normalized spacial score (nSPS) is 33.7. The molecule has 0 spiro atoms. The van der Waals surface area contributed by atoms with E-state index in [4.69, 9.17) is 125 Å². The second-order valence-corrected chi connectivity index (χ2v) is 20.4. The largest absolute Gasteiger partial charge is 0.463 e. The molecule has 4 saturated heterocycles. The van der Waals surface area contributed by atoms with Crippen molar-refractivity contribution in [2.24, 2.45) is 5.11 Å². The van der Waals surface area contributed by atoms with Crippen LogP contribution >= 0.6 is 34.8 Å². The van der Waals surface area contributed by atoms with Crippen molar-refractivity contribution < 1.29 is 133 Å². The highest BCUT2D eigenvalue weighted by Crippen LogP contribution is 2.41. The molecule has 0 bridgehead atoms. The number of halogens is 3. The zero-order chi connectivity index (χ0) is 61.0. The number of alkyl halides is 3. The van der Waals surface area contributed by atoms with Gasteiger partial charge in [0.15, 0.2) is 73.8 Å². The topological polar surface area (TPSA) is 409 Å². The molecule has 4 aliphatic heterocycles. The molecule has 35 heteroatoms. The lowest BCUT2D eigenvalue weighted by Crippen LogP contribution is -2.69. The van der Waals surface area contributed by atoms with Gasteiger partial charge in [-0.1, -0.05) is 39.9 Å². The summed E-state index contributed by atoms with van der Waals surface area (Å²) in [5.74, 6) is -11.1. The molecular formula is C46H61Cl3N4O28. The van der Waals surface area contributed by atoms with Crippen LogP contribution in [0.3, 0.4) is 0 Å². The molecule has 10 unspecified atom stereocenters. The molecule has 81 heavy (non-hydrogen) atoms. The number of ether oxygens (including phenoxy) is 18. The van der Waals surface area contributed by atoms with Crippen LogP contribution < -0.4 is 0 Å². The van der Waals surface area contributed by atoms with Gasteiger partial charge in [0.1, 0.15) is 43.7 Å². The molecule has 0 saturated carbocycles. The highest BCUT2D eigenvalue weighted by molar-refractivity contribution is 6.76. The van der Waals surface area contributed by atoms with E-state index in [1.807, 2.05) is 0 Å². The van der Waals surface area contributed by atoms with E-state index in [0.717, 1.165) is 69.2 Å². The molecule has 20 atom stereocenters. The molecule has 0 amide bonds. The van der Waals surface area contributed by atoms with Crippen LogP contribution in [-0.2, 0) is 133 Å². The van der Waals surface area contributed by atoms with Crippen molar-refractivity contribution in [3.05, 3.63) is 10.4 Å². The van der Waals surface area contributed by atoms with Crippen molar-refractivity contribution >= 4 is 100 Å². The number of carbonyl (C=O) groups is 10. The summed E-state index contributed by atoms with van der Waals surface area (Å²) < 4.78 is 103. The molecule has 32 nitrogen and oxygen atoms in total. The van der Waals surface area contributed by atoms with Gasteiger partial charge in [-0.15, -0.1) is 0 Å². The Labute approximate surface area is 476 Å². The van der Waals surface area contributed by atoms with E-state index in [9.17, 15) is 53.5 Å². The molecule has 1 N–H and O–H groups in total. The number of nitrogens with one attached hydrogen (secondary N) is 1. The zero-order valence-corrected chi connectivity index (χ0v) is 47.6. The molecule has 0 radical (unpaired) electrons. The van der Waals surface area contributed by atoms with Crippen LogP contribution in [0.1, 0.15) is 83.1 Å². The molecule has 4 rings (SSSR count). The fourth-order valence-electron chi connectivity index (χ4n) is 8.76. The summed E-state index contributed by atoms with van der Waals surface area (Å²) in [4.78, 5) is 130. The highest BCUT2D eigenvalue weighted by Gasteiger charge is 2.61. The first-order valence-corrected chi connectivity index (χ1v) is 25.4. The van der Waals surface area contributed by atoms with Gasteiger partial charge in [0, 0.05) is 74.1 Å². The van der Waals surface area contributed by atoms with Gasteiger partial charge in [0.25, 0.3) is 3.79 Å². The van der Waals surface area contributed by atoms with Crippen LogP contribution in [0.4, 0.5) is 0 Å². The minimum absolute atomic E-state index is 0.823. The van der Waals surface area contributed by atoms with E-state index in [-0.39, 0.29) is 0 Å². The Kier molecular flexibility index (Phi) is 24.9. The molecule has 0 aromatic carbocycles. The third-order valence-electron chi connectivity index (χ3n) is 11.5. The Morgan fingerprint density at radius 2 is 0.728 bits per heavy atom. The smallest absolute Gasteiger partial charge is 0.303 e. The standard InChI is InChI=1S/C46H61Cl3N4O28/c1-15-30(68-19(5)56)35(71-22(8)59)38(74-25(11)62)42(66-15)79-34-29(52-53-51)41(81-45(50)46(47,48)49)76-27(13-64-17(3)54)32(34)78-44-40(37(73-24(10)61)33(70-21(7)58)28(77-44)14-65-18(4)55)80-43-39(75-26(12)63)36(72-23(9)60)31(16(2)67-43)69-20(6)57/h15-16,27-44,50H,13-14H2,1-12H3/t15?,16?,27?,28?,29?,30-,31+,32+,33+,34-,35?,36?,37+,38+,39+,40?,41?,42-,43?,44+/m1/s1. The molecule has 4 fully saturated rings. The van der Waals surface area contributed by atoms with Crippen molar-refractivity contribution in [2.45, 2.75) is 210 Å². The average Bonchev–Trinajstić information content (AvgIpc) is 3.37. The number of rotatable bonds is 20. The van der Waals surface area contributed by atoms with Gasteiger partial charge in [-0.25, -0.2) is 0 Å². The third kappa shape index (κ3) is 19.3. The Balaban J connectivity index is 2.11. The van der Waals surface area contributed by atoms with Crippen molar-refractivity contribution in [1.29, 1.82) is 5.41 Å². The number of esters is 10. The van der Waals surface area contributed by atoms with E-state index in [1.165, 1.54) is 13.8 Å². The predicted octanol–water partition coefficient (Wildman–Crippen LogP) is 1.70. The minimum Gasteiger partial charge on any atom is -0.463 e. The number of hydrogen-bond donors (Lipinski definition) is 1. The van der Waals surface area contributed by atoms with Crippen molar-refractivity contribution in [1.82, 2.24) is 0 Å². The van der Waals surface area contributed by atoms with E-state index < -0.39 is 205 Å². The molecule has 4 aliphatic rings. The van der Waals surface area contributed by atoms with Crippen LogP contribution in [0.5, 0.6) is 0 Å². The quantitative estimate of drug-likeness (QED) is 0.0265. The molecule has 0 aliphatic carbocycles. The summed E-state index contributed by atoms with van der Waals surface area (Å²) >= 11 is 18.0. The van der Waals surface area contributed by atoms with Crippen molar-refractivity contribution in [2.75, 3.05) is 13.2 Å². The predicted molar refractivity (Wildman–Crippen MR) is 260 cm³/mol. The summed E-state index contributed by atoms with van der Waals surface area (Å²) in [5.41, 5.74) is 10.2. The first kappa shape index (κ1) is 67.6. The van der Waals surface area contributed by atoms with Crippen LogP contribution in [-0.4, -0.2) is 205 Å². The van der Waals surface area contributed by atoms with E-state index >= 15 is 0 Å². The maximum absolute atomic E-state index is 13.2. The lowest BCUT2D eigenvalue weighted by molar-refractivity contribution is -0.390. The Hall–Kier alpha value is -5.93. The lowest BCUT2D eigenvalue weighted by atomic mass is 9.94. The van der Waals surface area contributed by atoms with Crippen molar-refractivity contribution in [3.63, 3.8) is 0 Å². The Morgan fingerprint density at radius 1 is 0.420 bits per heavy atom. The molecular weight excluding hydrogens is 1160 g/mol. The number of nitrogens with zero attached hydrogens (tertiary/aromatic N) is 3. The maximum Gasteiger partial charge on any atom is 0.303 e. The SMILES string of the molecule is CC(=O)OCC1OC(OC(=N)C(Cl)(Cl)Cl)C(N=[N+]=[N-])[C@@H](O[C@H]2OC(C)[C@@H](OC(C)=O)C(OC(C)=O)[C@@H]2OC(C)=O)[C@H]1O[C@@H]1OC(COC(C)=O)[C@H](OC(C)=O)[C@H](OC(C)=O)C1OC1OC(C)[C@H](OC(C)=O)C(OC(C)=O)[C@@H]1OC(C)=O. The number of hydrogen-bond acceptors (Lipinski definition) is 30. The minimum atomic E-state index is -2.65. The Bertz CT molecular complexity index is 2390. The third-order valence-corrected chi connectivity index (χ3v) is 12.0. The summed E-state index contributed by atoms with van der Waals surface area (Å²) in [5, 5.41) is 12.3. The average molecular weight is 1220 g/mol. The maximum atomic E-state index is 13.2. The Morgan fingerprint density at radius 3 is 1.10 bits per heavy atom. The number of carbonyl (C=O) groups excluding carboxylic acids is 10. The molecule has 0 aromatic rings. The van der Waals surface area contributed by atoms with Crippen LogP contribution in [0.15, 0.2) is 5.11 Å². The van der Waals surface area contributed by atoms with E-state index in [2.05, 4.69) is 10.0 Å². The second kappa shape index (κ2) is 29.9. The molecule has 0 aromatic heterocycles. The monoisotopic (exact) mass is 1220 g/mol. The van der Waals surface area contributed by atoms with Crippen LogP contribution in [0.25, 0.3) is 10.4 Å². The summed E-state index contributed by atoms with van der Waals surface area (Å²) in [6.45, 7) is 10.7. The van der Waals surface area contributed by atoms with Gasteiger partial charge < -0.3 is 85.3 Å². The van der Waals surface area contributed by atoms with Gasteiger partial charge in [-0.05, 0) is 19.4 Å². The van der Waals surface area contributed by atoms with E-state index in [0.29, 0.717) is 0 Å². The summed E-state index contributed by atoms with van der Waals surface area (Å²) in [6, 6.07) is -2.06. The van der Waals surface area contributed by atoms with Gasteiger partial charge in [0.05, 0.1) is 12.2 Å². The van der Waals surface area contributed by atoms with Gasteiger partial charge in [-0.3, -0.25) is 53.4 Å². The fourth-order valence-corrected chi connectivity index (χ4v) is 8.89. The lowest BCUT2D eigenvalue weighted by Gasteiger charge is -2.51. The first-order valence-electron chi connectivity index (χ1n) is 24.3. The second-order valence-electron chi connectivity index (χ2n) is 18.1. The molecule has 454 valence electrons. The first-order chi connectivity index (χ1) is 37.7. The molecule has 4 heterocycles. The van der Waals surface area contributed by atoms with Gasteiger partial charge in [-0.2, -0.15) is 0 Å². The van der Waals surface area contributed by atoms with Crippen LogP contribution in [0.2, 0.25) is 0 Å². The van der Waals surface area contributed by atoms with Crippen LogP contribution in [0, 0.1) is 5.41 Å². The summed E-state index contributed by atoms with van der Waals surface area (Å²) in [6.07, 6.45) is -35.3.